The van der Waals surface area contributed by atoms with Crippen LogP contribution >= 0.6 is 0 Å². The molecule has 3 heterocycles. The zero-order chi connectivity index (χ0) is 18.0. The molecule has 1 aromatic heterocycles. The molecule has 2 saturated heterocycles. The highest BCUT2D eigenvalue weighted by atomic mass is 16.5. The second-order valence-corrected chi connectivity index (χ2v) is 8.27. The van der Waals surface area contributed by atoms with Crippen molar-refractivity contribution in [1.82, 2.24) is 15.4 Å². The monoisotopic (exact) mass is 361 g/mol. The fourth-order valence-electron chi connectivity index (χ4n) is 4.90. The van der Waals surface area contributed by atoms with Gasteiger partial charge in [-0.1, -0.05) is 24.4 Å². The van der Waals surface area contributed by atoms with Gasteiger partial charge in [0.05, 0.1) is 5.69 Å². The van der Waals surface area contributed by atoms with Crippen LogP contribution in [0.5, 0.6) is 0 Å². The molecule has 1 saturated carbocycles. The van der Waals surface area contributed by atoms with Crippen molar-refractivity contribution in [2.24, 2.45) is 0 Å². The lowest BCUT2D eigenvalue weighted by molar-refractivity contribution is -0.132. The van der Waals surface area contributed by atoms with E-state index in [2.05, 4.69) is 15.4 Å². The predicted molar refractivity (Wildman–Crippen MR) is 98.0 cm³/mol. The molecule has 1 aromatic rings. The molecular formula is C20H31N3O3. The van der Waals surface area contributed by atoms with E-state index in [1.807, 2.05) is 13.0 Å². The number of aryl methyl sites for hydroxylation is 1. The molecule has 144 valence electrons. The van der Waals surface area contributed by atoms with Crippen molar-refractivity contribution < 1.29 is 14.1 Å². The number of hydrogen-bond donors (Lipinski definition) is 1. The van der Waals surface area contributed by atoms with Gasteiger partial charge < -0.3 is 14.6 Å². The molecule has 1 amide bonds. The Morgan fingerprint density at radius 2 is 2.00 bits per heavy atom. The number of carbonyl (C=O) groups is 1. The van der Waals surface area contributed by atoms with Crippen LogP contribution in [0.1, 0.15) is 62.8 Å². The van der Waals surface area contributed by atoms with Crippen molar-refractivity contribution >= 4 is 5.91 Å². The molecule has 3 fully saturated rings. The van der Waals surface area contributed by atoms with E-state index in [9.17, 15) is 4.79 Å². The van der Waals surface area contributed by atoms with E-state index in [0.29, 0.717) is 31.8 Å². The lowest BCUT2D eigenvalue weighted by Gasteiger charge is -2.35. The van der Waals surface area contributed by atoms with Gasteiger partial charge in [0, 0.05) is 44.5 Å². The molecule has 0 aromatic carbocycles. The van der Waals surface area contributed by atoms with Crippen molar-refractivity contribution in [3.8, 4) is 0 Å². The Morgan fingerprint density at radius 1 is 1.23 bits per heavy atom. The molecule has 6 nitrogen and oxygen atoms in total. The van der Waals surface area contributed by atoms with Crippen molar-refractivity contribution in [3.63, 3.8) is 0 Å². The second-order valence-electron chi connectivity index (χ2n) is 8.27. The number of likely N-dealkylation sites (tertiary alicyclic amines) is 1. The number of hydrogen-bond acceptors (Lipinski definition) is 5. The van der Waals surface area contributed by atoms with Crippen LogP contribution in [0.2, 0.25) is 0 Å². The van der Waals surface area contributed by atoms with Gasteiger partial charge in [0.2, 0.25) is 5.91 Å². The van der Waals surface area contributed by atoms with E-state index >= 15 is 0 Å². The summed E-state index contributed by atoms with van der Waals surface area (Å²) in [5.74, 6) is 0.783. The van der Waals surface area contributed by atoms with Crippen LogP contribution < -0.4 is 5.32 Å². The lowest BCUT2D eigenvalue weighted by atomic mass is 9.76. The number of carbonyl (C=O) groups excluding carboxylic acids is 1. The molecule has 1 unspecified atom stereocenters. The van der Waals surface area contributed by atoms with Crippen LogP contribution in [-0.4, -0.2) is 54.4 Å². The summed E-state index contributed by atoms with van der Waals surface area (Å²) in [5, 5.41) is 7.36. The number of nitrogens with zero attached hydrogens (tertiary/aromatic N) is 2. The molecule has 4 rings (SSSR count). The average molecular weight is 361 g/mol. The molecule has 1 atom stereocenters. The van der Waals surface area contributed by atoms with E-state index < -0.39 is 5.41 Å². The summed E-state index contributed by atoms with van der Waals surface area (Å²) in [5.41, 5.74) is 0.195. The topological polar surface area (TPSA) is 67.6 Å². The van der Waals surface area contributed by atoms with Crippen LogP contribution in [0, 0.1) is 6.92 Å². The minimum absolute atomic E-state index is 0.0902. The quantitative estimate of drug-likeness (QED) is 0.893. The first-order valence-corrected chi connectivity index (χ1v) is 10.2. The number of nitrogens with one attached hydrogen (secondary N) is 1. The summed E-state index contributed by atoms with van der Waals surface area (Å²) < 4.78 is 11.1. The van der Waals surface area contributed by atoms with Crippen LogP contribution in [0.3, 0.4) is 0 Å². The number of ether oxygens (including phenoxy) is 1. The fraction of sp³-hybridized carbons (Fsp3) is 0.800. The van der Waals surface area contributed by atoms with Crippen molar-refractivity contribution in [1.29, 1.82) is 0 Å². The highest BCUT2D eigenvalue weighted by Gasteiger charge is 2.46. The molecule has 0 bridgehead atoms. The Hall–Kier alpha value is -1.40. The summed E-state index contributed by atoms with van der Waals surface area (Å²) in [6, 6.07) is 2.88. The van der Waals surface area contributed by atoms with Crippen molar-refractivity contribution in [2.45, 2.75) is 75.8 Å². The maximum atomic E-state index is 13.3. The Balaban J connectivity index is 1.42. The van der Waals surface area contributed by atoms with Gasteiger partial charge in [0.1, 0.15) is 5.41 Å². The first-order valence-electron chi connectivity index (χ1n) is 10.2. The molecular weight excluding hydrogens is 330 g/mol. The third kappa shape index (κ3) is 3.54. The number of rotatable bonds is 4. The Labute approximate surface area is 155 Å². The van der Waals surface area contributed by atoms with Gasteiger partial charge in [-0.2, -0.15) is 0 Å². The SMILES string of the molecule is Cc1cc(C2(C(=O)NC3CCN(C4CCCCC4)C3)CCOCC2)on1. The predicted octanol–water partition coefficient (Wildman–Crippen LogP) is 2.55. The molecule has 0 radical (unpaired) electrons. The molecule has 3 aliphatic rings. The van der Waals surface area contributed by atoms with E-state index in [1.165, 1.54) is 32.1 Å². The first-order chi connectivity index (χ1) is 12.7. The maximum absolute atomic E-state index is 13.3. The molecule has 26 heavy (non-hydrogen) atoms. The van der Waals surface area contributed by atoms with Gasteiger partial charge in [0.15, 0.2) is 5.76 Å². The van der Waals surface area contributed by atoms with Gasteiger partial charge in [-0.3, -0.25) is 9.69 Å². The highest BCUT2D eigenvalue weighted by Crippen LogP contribution is 2.36. The number of amides is 1. The fourth-order valence-corrected chi connectivity index (χ4v) is 4.90. The Morgan fingerprint density at radius 3 is 2.69 bits per heavy atom. The van der Waals surface area contributed by atoms with Gasteiger partial charge >= 0.3 is 0 Å². The van der Waals surface area contributed by atoms with E-state index in [1.54, 1.807) is 0 Å². The zero-order valence-corrected chi connectivity index (χ0v) is 15.8. The molecule has 1 N–H and O–H groups in total. The van der Waals surface area contributed by atoms with Crippen molar-refractivity contribution in [2.75, 3.05) is 26.3 Å². The highest BCUT2D eigenvalue weighted by molar-refractivity contribution is 5.88. The lowest BCUT2D eigenvalue weighted by Crippen LogP contribution is -2.51. The van der Waals surface area contributed by atoms with Crippen LogP contribution in [0.15, 0.2) is 10.6 Å². The molecule has 0 spiro atoms. The Kier molecular flexibility index (Phi) is 5.32. The summed E-state index contributed by atoms with van der Waals surface area (Å²) in [6.07, 6.45) is 9.09. The first kappa shape index (κ1) is 18.0. The molecule has 6 heteroatoms. The standard InChI is InChI=1S/C20H31N3O3/c1-15-13-18(26-22-15)20(8-11-25-12-9-20)19(24)21-16-7-10-23(14-16)17-5-3-2-4-6-17/h13,16-17H,2-12,14H2,1H3,(H,21,24). The van der Waals surface area contributed by atoms with Crippen molar-refractivity contribution in [3.05, 3.63) is 17.5 Å². The summed E-state index contributed by atoms with van der Waals surface area (Å²) in [7, 11) is 0. The second kappa shape index (κ2) is 7.69. The normalized spacial score (nSPS) is 27.5. The van der Waals surface area contributed by atoms with Crippen LogP contribution in [0.4, 0.5) is 0 Å². The Bertz CT molecular complexity index is 618. The molecule has 2 aliphatic heterocycles. The third-order valence-corrected chi connectivity index (χ3v) is 6.53. The minimum Gasteiger partial charge on any atom is -0.381 e. The van der Waals surface area contributed by atoms with E-state index in [0.717, 1.165) is 31.2 Å². The molecule has 1 aliphatic carbocycles. The number of aromatic nitrogens is 1. The minimum atomic E-state index is -0.627. The average Bonchev–Trinajstić information content (AvgIpc) is 3.32. The smallest absolute Gasteiger partial charge is 0.234 e. The van der Waals surface area contributed by atoms with Gasteiger partial charge in [-0.15, -0.1) is 0 Å². The summed E-state index contributed by atoms with van der Waals surface area (Å²) in [4.78, 5) is 15.9. The van der Waals surface area contributed by atoms with Gasteiger partial charge in [-0.05, 0) is 39.0 Å². The largest absolute Gasteiger partial charge is 0.381 e. The van der Waals surface area contributed by atoms with Crippen LogP contribution in [-0.2, 0) is 14.9 Å². The van der Waals surface area contributed by atoms with Crippen LogP contribution in [0.25, 0.3) is 0 Å². The third-order valence-electron chi connectivity index (χ3n) is 6.53. The summed E-state index contributed by atoms with van der Waals surface area (Å²) >= 11 is 0. The van der Waals surface area contributed by atoms with Gasteiger partial charge in [-0.25, -0.2) is 0 Å². The van der Waals surface area contributed by atoms with E-state index in [4.69, 9.17) is 9.26 Å². The van der Waals surface area contributed by atoms with Gasteiger partial charge in [0.25, 0.3) is 0 Å². The van der Waals surface area contributed by atoms with E-state index in [-0.39, 0.29) is 11.9 Å². The zero-order valence-electron chi connectivity index (χ0n) is 15.8. The summed E-state index contributed by atoms with van der Waals surface area (Å²) in [6.45, 7) is 5.17. The maximum Gasteiger partial charge on any atom is 0.234 e.